The summed E-state index contributed by atoms with van der Waals surface area (Å²) >= 11 is 0. The average molecular weight is 331 g/mol. The van der Waals surface area contributed by atoms with E-state index in [1.807, 2.05) is 39.8 Å². The summed E-state index contributed by atoms with van der Waals surface area (Å²) in [5.41, 5.74) is 0.548. The summed E-state index contributed by atoms with van der Waals surface area (Å²) in [6.45, 7) is 14.9. The predicted octanol–water partition coefficient (Wildman–Crippen LogP) is 1.84. The van der Waals surface area contributed by atoms with Crippen molar-refractivity contribution in [2.75, 3.05) is 0 Å². The van der Waals surface area contributed by atoms with Crippen LogP contribution in [0.25, 0.3) is 5.65 Å². The van der Waals surface area contributed by atoms with Crippen LogP contribution in [-0.4, -0.2) is 32.5 Å². The zero-order valence-electron chi connectivity index (χ0n) is 15.6. The molecule has 0 unspecified atom stereocenters. The fourth-order valence-corrected chi connectivity index (χ4v) is 2.71. The molecule has 130 valence electrons. The van der Waals surface area contributed by atoms with E-state index in [9.17, 15) is 4.79 Å². The molecule has 1 saturated heterocycles. The molecular weight excluding hydrogens is 305 g/mol. The molecule has 0 aromatic carbocycles. The molecule has 0 atom stereocenters. The van der Waals surface area contributed by atoms with Gasteiger partial charge < -0.3 is 9.31 Å². The Morgan fingerprint density at radius 3 is 2.29 bits per heavy atom. The van der Waals surface area contributed by atoms with Crippen LogP contribution < -0.4 is 11.2 Å². The highest BCUT2D eigenvalue weighted by Crippen LogP contribution is 2.36. The lowest BCUT2D eigenvalue weighted by Crippen LogP contribution is -2.41. The highest BCUT2D eigenvalue weighted by molar-refractivity contribution is 6.62. The first kappa shape index (κ1) is 17.2. The first-order chi connectivity index (χ1) is 10.9. The van der Waals surface area contributed by atoms with E-state index in [0.717, 1.165) is 5.46 Å². The highest BCUT2D eigenvalue weighted by atomic mass is 16.7. The fourth-order valence-electron chi connectivity index (χ4n) is 2.71. The molecule has 0 bridgehead atoms. The van der Waals surface area contributed by atoms with E-state index >= 15 is 0 Å². The molecule has 2 aromatic heterocycles. The van der Waals surface area contributed by atoms with Crippen molar-refractivity contribution in [3.63, 3.8) is 0 Å². The largest absolute Gasteiger partial charge is 0.495 e. The third-order valence-electron chi connectivity index (χ3n) is 4.76. The minimum atomic E-state index is -0.456. The Hall–Kier alpha value is -1.60. The Labute approximate surface area is 142 Å². The molecule has 1 aliphatic heterocycles. The molecule has 0 saturated carbocycles. The Morgan fingerprint density at radius 1 is 1.17 bits per heavy atom. The van der Waals surface area contributed by atoms with E-state index in [-0.39, 0.29) is 11.1 Å². The first-order valence-corrected chi connectivity index (χ1v) is 8.34. The van der Waals surface area contributed by atoms with Crippen molar-refractivity contribution in [1.29, 1.82) is 0 Å². The van der Waals surface area contributed by atoms with Gasteiger partial charge in [0.1, 0.15) is 0 Å². The summed E-state index contributed by atoms with van der Waals surface area (Å²) in [7, 11) is -0.456. The van der Waals surface area contributed by atoms with E-state index in [2.05, 4.69) is 25.9 Å². The second kappa shape index (κ2) is 5.20. The zero-order chi connectivity index (χ0) is 17.9. The van der Waals surface area contributed by atoms with Crippen LogP contribution in [0.3, 0.4) is 0 Å². The molecule has 3 heterocycles. The first-order valence-electron chi connectivity index (χ1n) is 8.34. The summed E-state index contributed by atoms with van der Waals surface area (Å²) in [5, 5.41) is 4.46. The maximum Gasteiger partial charge on any atom is 0.495 e. The zero-order valence-corrected chi connectivity index (χ0v) is 15.6. The number of fused-ring (bicyclic) bond motifs is 1. The third kappa shape index (κ3) is 2.91. The summed E-state index contributed by atoms with van der Waals surface area (Å²) in [5.74, 6) is 0. The Kier molecular flexibility index (Phi) is 3.73. The molecule has 24 heavy (non-hydrogen) atoms. The SMILES string of the molecule is CC(C)(C)Cn1nc2cc(B3OC(C)(C)C(C)(C)O3)ccn2c1=O. The molecule has 0 spiro atoms. The molecular formula is C17H26BN3O3. The molecule has 6 nitrogen and oxygen atoms in total. The number of aromatic nitrogens is 3. The molecule has 0 radical (unpaired) electrons. The fraction of sp³-hybridized carbons (Fsp3) is 0.647. The highest BCUT2D eigenvalue weighted by Gasteiger charge is 2.51. The summed E-state index contributed by atoms with van der Waals surface area (Å²) in [6, 6.07) is 3.72. The van der Waals surface area contributed by atoms with Gasteiger partial charge in [-0.15, -0.1) is 5.10 Å². The van der Waals surface area contributed by atoms with Crippen LogP contribution in [-0.2, 0) is 15.9 Å². The van der Waals surface area contributed by atoms with Crippen LogP contribution in [0.4, 0.5) is 0 Å². The van der Waals surface area contributed by atoms with Crippen LogP contribution in [0, 0.1) is 5.41 Å². The number of pyridine rings is 1. The second-order valence-electron chi connectivity index (χ2n) is 8.78. The van der Waals surface area contributed by atoms with Crippen molar-refractivity contribution in [2.45, 2.75) is 66.2 Å². The quantitative estimate of drug-likeness (QED) is 0.788. The molecule has 1 aliphatic rings. The standard InChI is InChI=1S/C17H26BN3O3/c1-15(2,3)11-21-14(22)20-9-8-12(10-13(20)19-21)18-23-16(4,5)17(6,7)24-18/h8-10H,11H2,1-7H3. The van der Waals surface area contributed by atoms with Gasteiger partial charge in [0, 0.05) is 6.20 Å². The van der Waals surface area contributed by atoms with Gasteiger partial charge in [-0.2, -0.15) is 0 Å². The normalized spacial score (nSPS) is 20.0. The maximum absolute atomic E-state index is 12.4. The molecule has 1 fully saturated rings. The molecule has 0 amide bonds. The van der Waals surface area contributed by atoms with Crippen LogP contribution in [0.15, 0.2) is 23.1 Å². The minimum absolute atomic E-state index is 0.0175. The maximum atomic E-state index is 12.4. The van der Waals surface area contributed by atoms with Crippen molar-refractivity contribution < 1.29 is 9.31 Å². The van der Waals surface area contributed by atoms with Crippen molar-refractivity contribution in [3.05, 3.63) is 28.8 Å². The minimum Gasteiger partial charge on any atom is -0.399 e. The van der Waals surface area contributed by atoms with Gasteiger partial charge in [-0.05, 0) is 50.7 Å². The van der Waals surface area contributed by atoms with E-state index < -0.39 is 18.3 Å². The van der Waals surface area contributed by atoms with E-state index in [1.54, 1.807) is 10.6 Å². The number of nitrogens with zero attached hydrogens (tertiary/aromatic N) is 3. The Balaban J connectivity index is 1.97. The van der Waals surface area contributed by atoms with Crippen LogP contribution in [0.1, 0.15) is 48.5 Å². The lowest BCUT2D eigenvalue weighted by atomic mass is 9.80. The second-order valence-corrected chi connectivity index (χ2v) is 8.78. The monoisotopic (exact) mass is 331 g/mol. The van der Waals surface area contributed by atoms with Gasteiger partial charge in [0.15, 0.2) is 5.65 Å². The smallest absolute Gasteiger partial charge is 0.399 e. The van der Waals surface area contributed by atoms with E-state index in [0.29, 0.717) is 12.2 Å². The average Bonchev–Trinajstić information content (AvgIpc) is 2.82. The van der Waals surface area contributed by atoms with Gasteiger partial charge in [-0.25, -0.2) is 9.48 Å². The van der Waals surface area contributed by atoms with Crippen LogP contribution in [0.5, 0.6) is 0 Å². The summed E-state index contributed by atoms with van der Waals surface area (Å²) in [6.07, 6.45) is 1.74. The van der Waals surface area contributed by atoms with Gasteiger partial charge >= 0.3 is 12.8 Å². The molecule has 3 rings (SSSR count). The predicted molar refractivity (Wildman–Crippen MR) is 94.6 cm³/mol. The van der Waals surface area contributed by atoms with Crippen molar-refractivity contribution in [2.24, 2.45) is 5.41 Å². The molecule has 0 N–H and O–H groups in total. The van der Waals surface area contributed by atoms with E-state index in [4.69, 9.17) is 9.31 Å². The molecule has 7 heteroatoms. The van der Waals surface area contributed by atoms with Crippen molar-refractivity contribution in [3.8, 4) is 0 Å². The van der Waals surface area contributed by atoms with Crippen LogP contribution in [0.2, 0.25) is 0 Å². The van der Waals surface area contributed by atoms with Gasteiger partial charge in [-0.1, -0.05) is 20.8 Å². The van der Waals surface area contributed by atoms with Gasteiger partial charge in [0.05, 0.1) is 17.7 Å². The molecule has 0 aliphatic carbocycles. The van der Waals surface area contributed by atoms with Crippen LogP contribution >= 0.6 is 0 Å². The Morgan fingerprint density at radius 2 is 1.75 bits per heavy atom. The number of hydrogen-bond acceptors (Lipinski definition) is 4. The van der Waals surface area contributed by atoms with Gasteiger partial charge in [0.25, 0.3) is 0 Å². The lowest BCUT2D eigenvalue weighted by molar-refractivity contribution is 0.00578. The van der Waals surface area contributed by atoms with E-state index in [1.165, 1.54) is 4.68 Å². The van der Waals surface area contributed by atoms with Crippen molar-refractivity contribution in [1.82, 2.24) is 14.2 Å². The molecule has 2 aromatic rings. The lowest BCUT2D eigenvalue weighted by Gasteiger charge is -2.32. The Bertz CT molecular complexity index is 814. The summed E-state index contributed by atoms with van der Waals surface area (Å²) < 4.78 is 15.2. The van der Waals surface area contributed by atoms with Gasteiger partial charge in [-0.3, -0.25) is 4.40 Å². The topological polar surface area (TPSA) is 57.8 Å². The summed E-state index contributed by atoms with van der Waals surface area (Å²) in [4.78, 5) is 12.4. The van der Waals surface area contributed by atoms with Gasteiger partial charge in [0.2, 0.25) is 0 Å². The van der Waals surface area contributed by atoms with Crippen molar-refractivity contribution >= 4 is 18.2 Å². The number of hydrogen-bond donors (Lipinski definition) is 0. The number of rotatable bonds is 2. The third-order valence-corrected chi connectivity index (χ3v) is 4.76.